The van der Waals surface area contributed by atoms with Crippen LogP contribution in [0.2, 0.25) is 0 Å². The molecule has 3 rings (SSSR count). The monoisotopic (exact) mass is 274 g/mol. The fourth-order valence-electron chi connectivity index (χ4n) is 3.79. The van der Waals surface area contributed by atoms with Gasteiger partial charge in [0.2, 0.25) is 0 Å². The lowest BCUT2D eigenvalue weighted by atomic mass is 9.96. The van der Waals surface area contributed by atoms with Crippen LogP contribution < -0.4 is 5.32 Å². The molecule has 0 aromatic heterocycles. The minimum atomic E-state index is 0.298. The van der Waals surface area contributed by atoms with Crippen LogP contribution in [-0.2, 0) is 6.54 Å². The molecule has 2 N–H and O–H groups in total. The van der Waals surface area contributed by atoms with Gasteiger partial charge in [-0.25, -0.2) is 0 Å². The average Bonchev–Trinajstić information content (AvgIpc) is 2.84. The Hall–Kier alpha value is -0.900. The lowest BCUT2D eigenvalue weighted by Crippen LogP contribution is -2.40. The first-order valence-corrected chi connectivity index (χ1v) is 8.05. The van der Waals surface area contributed by atoms with Crippen LogP contribution in [0.3, 0.4) is 0 Å². The first-order chi connectivity index (χ1) is 9.90. The highest BCUT2D eigenvalue weighted by Crippen LogP contribution is 2.33. The molecule has 0 bridgehead atoms. The number of rotatable bonds is 2. The van der Waals surface area contributed by atoms with Crippen molar-refractivity contribution >= 4 is 0 Å². The van der Waals surface area contributed by atoms with Crippen LogP contribution in [0, 0.1) is 0 Å². The van der Waals surface area contributed by atoms with Gasteiger partial charge in [0.05, 0.1) is 6.61 Å². The van der Waals surface area contributed by atoms with Crippen LogP contribution in [-0.4, -0.2) is 35.7 Å². The molecule has 0 amide bonds. The molecule has 20 heavy (non-hydrogen) atoms. The Kier molecular flexibility index (Phi) is 4.71. The number of nitrogens with one attached hydrogen (secondary N) is 1. The molecule has 0 spiro atoms. The molecule has 2 aliphatic rings. The Bertz CT molecular complexity index is 435. The predicted octanol–water partition coefficient (Wildman–Crippen LogP) is 2.46. The van der Waals surface area contributed by atoms with Crippen LogP contribution in [0.1, 0.15) is 49.3 Å². The number of aliphatic hydroxyl groups is 1. The van der Waals surface area contributed by atoms with Crippen LogP contribution in [0.25, 0.3) is 0 Å². The van der Waals surface area contributed by atoms with Crippen molar-refractivity contribution in [2.45, 2.75) is 50.7 Å². The zero-order valence-electron chi connectivity index (χ0n) is 12.2. The second-order valence-electron chi connectivity index (χ2n) is 6.10. The van der Waals surface area contributed by atoms with E-state index in [4.69, 9.17) is 0 Å². The van der Waals surface area contributed by atoms with E-state index in [1.165, 1.54) is 30.4 Å². The lowest BCUT2D eigenvalue weighted by Gasteiger charge is -2.36. The van der Waals surface area contributed by atoms with E-state index >= 15 is 0 Å². The Morgan fingerprint density at radius 2 is 2.05 bits per heavy atom. The van der Waals surface area contributed by atoms with Crippen LogP contribution in [0.15, 0.2) is 24.3 Å². The van der Waals surface area contributed by atoms with E-state index in [2.05, 4.69) is 34.5 Å². The summed E-state index contributed by atoms with van der Waals surface area (Å²) in [5.41, 5.74) is 2.90. The van der Waals surface area contributed by atoms with Crippen molar-refractivity contribution < 1.29 is 5.11 Å². The average molecular weight is 274 g/mol. The third-order valence-corrected chi connectivity index (χ3v) is 4.86. The van der Waals surface area contributed by atoms with E-state index in [-0.39, 0.29) is 0 Å². The van der Waals surface area contributed by atoms with Crippen molar-refractivity contribution in [3.63, 3.8) is 0 Å². The molecule has 1 aromatic carbocycles. The highest BCUT2D eigenvalue weighted by atomic mass is 16.3. The zero-order chi connectivity index (χ0) is 13.8. The van der Waals surface area contributed by atoms with Crippen LogP contribution in [0.5, 0.6) is 0 Å². The number of fused-ring (bicyclic) bond motifs is 1. The summed E-state index contributed by atoms with van der Waals surface area (Å²) in [6.07, 6.45) is 6.12. The van der Waals surface area contributed by atoms with Gasteiger partial charge < -0.3 is 10.4 Å². The summed E-state index contributed by atoms with van der Waals surface area (Å²) in [5, 5.41) is 13.3. The first kappa shape index (κ1) is 14.1. The Morgan fingerprint density at radius 3 is 2.95 bits per heavy atom. The fourth-order valence-corrected chi connectivity index (χ4v) is 3.79. The molecular weight excluding hydrogens is 248 g/mol. The summed E-state index contributed by atoms with van der Waals surface area (Å²) in [4.78, 5) is 2.58. The Labute approximate surface area is 122 Å². The number of benzene rings is 1. The third-order valence-electron chi connectivity index (χ3n) is 4.86. The lowest BCUT2D eigenvalue weighted by molar-refractivity contribution is 0.0809. The number of likely N-dealkylation sites (tertiary alicyclic amines) is 1. The van der Waals surface area contributed by atoms with E-state index in [0.717, 1.165) is 32.5 Å². The molecule has 1 fully saturated rings. The maximum Gasteiger partial charge on any atom is 0.0587 e. The van der Waals surface area contributed by atoms with Gasteiger partial charge in [-0.1, -0.05) is 37.1 Å². The number of nitrogens with zero attached hydrogens (tertiary/aromatic N) is 1. The molecule has 0 saturated carbocycles. The van der Waals surface area contributed by atoms with E-state index in [9.17, 15) is 5.11 Å². The van der Waals surface area contributed by atoms with Crippen molar-refractivity contribution in [1.82, 2.24) is 10.2 Å². The molecule has 2 unspecified atom stereocenters. The molecule has 3 heteroatoms. The maximum atomic E-state index is 9.78. The van der Waals surface area contributed by atoms with Gasteiger partial charge in [-0.05, 0) is 43.5 Å². The van der Waals surface area contributed by atoms with Crippen molar-refractivity contribution in [3.05, 3.63) is 35.4 Å². The summed E-state index contributed by atoms with van der Waals surface area (Å²) >= 11 is 0. The van der Waals surface area contributed by atoms with Crippen LogP contribution in [0.4, 0.5) is 0 Å². The van der Waals surface area contributed by atoms with Crippen molar-refractivity contribution in [1.29, 1.82) is 0 Å². The van der Waals surface area contributed by atoms with Gasteiger partial charge in [0.15, 0.2) is 0 Å². The van der Waals surface area contributed by atoms with Crippen LogP contribution >= 0.6 is 0 Å². The summed E-state index contributed by atoms with van der Waals surface area (Å²) < 4.78 is 0. The van der Waals surface area contributed by atoms with Gasteiger partial charge in [-0.2, -0.15) is 0 Å². The first-order valence-electron chi connectivity index (χ1n) is 8.05. The SMILES string of the molecule is OCC1CCCCCN1C1CCNCc2ccccc21. The predicted molar refractivity (Wildman–Crippen MR) is 81.6 cm³/mol. The van der Waals surface area contributed by atoms with E-state index in [0.29, 0.717) is 18.7 Å². The summed E-state index contributed by atoms with van der Waals surface area (Å²) in [7, 11) is 0. The molecule has 2 heterocycles. The van der Waals surface area contributed by atoms with Crippen molar-refractivity contribution in [2.75, 3.05) is 19.7 Å². The van der Waals surface area contributed by atoms with E-state index in [1.807, 2.05) is 0 Å². The standard InChI is InChI=1S/C17H26N2O/c20-13-15-7-2-1-5-11-19(15)17-9-10-18-12-14-6-3-4-8-16(14)17/h3-4,6,8,15,17-18,20H,1-2,5,7,9-13H2. The van der Waals surface area contributed by atoms with E-state index in [1.54, 1.807) is 0 Å². The van der Waals surface area contributed by atoms with Gasteiger partial charge in [0, 0.05) is 18.6 Å². The number of hydrogen-bond acceptors (Lipinski definition) is 3. The molecule has 0 aliphatic carbocycles. The molecule has 0 radical (unpaired) electrons. The topological polar surface area (TPSA) is 35.5 Å². The normalized spacial score (nSPS) is 28.4. The minimum absolute atomic E-state index is 0.298. The molecule has 2 aliphatic heterocycles. The smallest absolute Gasteiger partial charge is 0.0587 e. The second-order valence-corrected chi connectivity index (χ2v) is 6.10. The Morgan fingerprint density at radius 1 is 1.15 bits per heavy atom. The van der Waals surface area contributed by atoms with Gasteiger partial charge in [0.25, 0.3) is 0 Å². The summed E-state index contributed by atoms with van der Waals surface area (Å²) in [5.74, 6) is 0. The van der Waals surface area contributed by atoms with E-state index < -0.39 is 0 Å². The van der Waals surface area contributed by atoms with Gasteiger partial charge in [0.1, 0.15) is 0 Å². The third kappa shape index (κ3) is 2.90. The molecule has 1 aromatic rings. The highest BCUT2D eigenvalue weighted by Gasteiger charge is 2.30. The maximum absolute atomic E-state index is 9.78. The zero-order valence-corrected chi connectivity index (χ0v) is 12.2. The molecular formula is C17H26N2O. The molecule has 110 valence electrons. The molecule has 1 saturated heterocycles. The fraction of sp³-hybridized carbons (Fsp3) is 0.647. The quantitative estimate of drug-likeness (QED) is 0.869. The summed E-state index contributed by atoms with van der Waals surface area (Å²) in [6, 6.07) is 9.63. The molecule has 3 nitrogen and oxygen atoms in total. The second kappa shape index (κ2) is 6.70. The van der Waals surface area contributed by atoms with Gasteiger partial charge in [-0.15, -0.1) is 0 Å². The van der Waals surface area contributed by atoms with Crippen molar-refractivity contribution in [3.8, 4) is 0 Å². The minimum Gasteiger partial charge on any atom is -0.395 e. The number of hydrogen-bond donors (Lipinski definition) is 2. The Balaban J connectivity index is 1.90. The van der Waals surface area contributed by atoms with Gasteiger partial charge >= 0.3 is 0 Å². The number of aliphatic hydroxyl groups excluding tert-OH is 1. The summed E-state index contributed by atoms with van der Waals surface area (Å²) in [6.45, 7) is 3.47. The van der Waals surface area contributed by atoms with Crippen molar-refractivity contribution in [2.24, 2.45) is 0 Å². The highest BCUT2D eigenvalue weighted by molar-refractivity contribution is 5.31. The molecule has 2 atom stereocenters. The van der Waals surface area contributed by atoms with Gasteiger partial charge in [-0.3, -0.25) is 4.90 Å². The largest absolute Gasteiger partial charge is 0.395 e.